The summed E-state index contributed by atoms with van der Waals surface area (Å²) in [6.07, 6.45) is 5.30. The maximum absolute atomic E-state index is 12.7. The molecule has 2 aliphatic rings. The van der Waals surface area contributed by atoms with Crippen molar-refractivity contribution in [3.8, 4) is 0 Å². The fourth-order valence-corrected chi connectivity index (χ4v) is 6.56. The number of sulfonamides is 2. The molecule has 1 fully saturated rings. The van der Waals surface area contributed by atoms with E-state index in [0.29, 0.717) is 6.61 Å². The molecule has 1 aliphatic carbocycles. The van der Waals surface area contributed by atoms with E-state index in [9.17, 15) is 16.8 Å². The van der Waals surface area contributed by atoms with Crippen LogP contribution in [0.1, 0.15) is 49.3 Å². The van der Waals surface area contributed by atoms with Gasteiger partial charge in [-0.3, -0.25) is 0 Å². The van der Waals surface area contributed by atoms with E-state index in [2.05, 4.69) is 9.44 Å². The molecule has 0 aromatic heterocycles. The van der Waals surface area contributed by atoms with Crippen molar-refractivity contribution in [3.05, 3.63) is 59.7 Å². The van der Waals surface area contributed by atoms with E-state index in [1.54, 1.807) is 0 Å². The van der Waals surface area contributed by atoms with Crippen LogP contribution in [0.25, 0.3) is 0 Å². The van der Waals surface area contributed by atoms with Crippen molar-refractivity contribution in [1.82, 2.24) is 9.44 Å². The van der Waals surface area contributed by atoms with E-state index in [1.165, 1.54) is 24.3 Å². The van der Waals surface area contributed by atoms with Crippen LogP contribution in [0.5, 0.6) is 0 Å². The van der Waals surface area contributed by atoms with E-state index in [1.807, 2.05) is 24.3 Å². The first kappa shape index (κ1) is 22.4. The zero-order chi connectivity index (χ0) is 21.9. The first-order chi connectivity index (χ1) is 14.9. The number of rotatable bonds is 7. The molecule has 7 nitrogen and oxygen atoms in total. The highest BCUT2D eigenvalue weighted by Crippen LogP contribution is 2.27. The molecule has 1 unspecified atom stereocenters. The van der Waals surface area contributed by atoms with Crippen molar-refractivity contribution >= 4 is 20.0 Å². The predicted molar refractivity (Wildman–Crippen MR) is 118 cm³/mol. The SMILES string of the molecule is O=S(=O)(NCC1OCCc2ccccc21)c1ccc(S(=O)(=O)NC2CCCCC2)cc1. The molecule has 2 aromatic rings. The zero-order valence-corrected chi connectivity index (χ0v) is 18.9. The largest absolute Gasteiger partial charge is 0.372 e. The van der Waals surface area contributed by atoms with Crippen LogP contribution in [-0.2, 0) is 31.2 Å². The summed E-state index contributed by atoms with van der Waals surface area (Å²) >= 11 is 0. The average molecular weight is 465 g/mol. The highest BCUT2D eigenvalue weighted by molar-refractivity contribution is 7.90. The summed E-state index contributed by atoms with van der Waals surface area (Å²) in [4.78, 5) is 0.0924. The van der Waals surface area contributed by atoms with Crippen LogP contribution < -0.4 is 9.44 Å². The van der Waals surface area contributed by atoms with Crippen molar-refractivity contribution < 1.29 is 21.6 Å². The van der Waals surface area contributed by atoms with Gasteiger partial charge < -0.3 is 4.74 Å². The Morgan fingerprint density at radius 3 is 2.19 bits per heavy atom. The molecule has 0 saturated heterocycles. The van der Waals surface area contributed by atoms with Gasteiger partial charge in [-0.05, 0) is 54.7 Å². The third kappa shape index (κ3) is 5.35. The number of hydrogen-bond acceptors (Lipinski definition) is 5. The molecule has 1 heterocycles. The Labute approximate surface area is 184 Å². The lowest BCUT2D eigenvalue weighted by Crippen LogP contribution is -2.36. The average Bonchev–Trinajstić information content (AvgIpc) is 2.78. The normalized spacial score (nSPS) is 20.3. The van der Waals surface area contributed by atoms with Crippen LogP contribution in [0.3, 0.4) is 0 Å². The smallest absolute Gasteiger partial charge is 0.240 e. The van der Waals surface area contributed by atoms with Gasteiger partial charge in [0, 0.05) is 12.6 Å². The molecular weight excluding hydrogens is 436 g/mol. The quantitative estimate of drug-likeness (QED) is 0.656. The van der Waals surface area contributed by atoms with Gasteiger partial charge in [-0.2, -0.15) is 0 Å². The van der Waals surface area contributed by atoms with Crippen LogP contribution in [0.15, 0.2) is 58.3 Å². The number of hydrogen-bond donors (Lipinski definition) is 2. The van der Waals surface area contributed by atoms with Gasteiger partial charge in [0.2, 0.25) is 20.0 Å². The molecule has 4 rings (SSSR count). The summed E-state index contributed by atoms with van der Waals surface area (Å²) in [5.74, 6) is 0. The lowest BCUT2D eigenvalue weighted by molar-refractivity contribution is 0.0460. The van der Waals surface area contributed by atoms with Gasteiger partial charge in [0.1, 0.15) is 0 Å². The number of fused-ring (bicyclic) bond motifs is 1. The van der Waals surface area contributed by atoms with Crippen LogP contribution in [0.2, 0.25) is 0 Å². The molecule has 2 aromatic carbocycles. The van der Waals surface area contributed by atoms with Gasteiger partial charge in [0.05, 0.1) is 22.5 Å². The Bertz CT molecular complexity index is 1110. The lowest BCUT2D eigenvalue weighted by Gasteiger charge is -2.26. The molecule has 0 bridgehead atoms. The summed E-state index contributed by atoms with van der Waals surface area (Å²) in [5.41, 5.74) is 2.16. The fourth-order valence-electron chi connectivity index (χ4n) is 4.22. The van der Waals surface area contributed by atoms with Gasteiger partial charge in [0.15, 0.2) is 0 Å². The van der Waals surface area contributed by atoms with E-state index < -0.39 is 20.0 Å². The van der Waals surface area contributed by atoms with Crippen LogP contribution in [-0.4, -0.2) is 36.0 Å². The van der Waals surface area contributed by atoms with Crippen molar-refractivity contribution in [2.75, 3.05) is 13.2 Å². The van der Waals surface area contributed by atoms with E-state index in [0.717, 1.165) is 49.7 Å². The molecule has 168 valence electrons. The van der Waals surface area contributed by atoms with Gasteiger partial charge in [-0.25, -0.2) is 26.3 Å². The van der Waals surface area contributed by atoms with Gasteiger partial charge in [-0.15, -0.1) is 0 Å². The second-order valence-corrected chi connectivity index (χ2v) is 11.6. The molecule has 1 aliphatic heterocycles. The minimum atomic E-state index is -3.80. The number of ether oxygens (including phenoxy) is 1. The van der Waals surface area contributed by atoms with Crippen LogP contribution >= 0.6 is 0 Å². The Balaban J connectivity index is 1.42. The lowest BCUT2D eigenvalue weighted by atomic mass is 9.96. The van der Waals surface area contributed by atoms with Gasteiger partial charge in [-0.1, -0.05) is 43.5 Å². The molecule has 31 heavy (non-hydrogen) atoms. The summed E-state index contributed by atoms with van der Waals surface area (Å²) < 4.78 is 61.8. The summed E-state index contributed by atoms with van der Waals surface area (Å²) in [6, 6.07) is 13.1. The fraction of sp³-hybridized carbons (Fsp3) is 0.455. The standard InChI is InChI=1S/C22H28N2O5S2/c25-30(26,23-16-22-21-9-5-4-6-17(21)14-15-29-22)19-10-12-20(13-11-19)31(27,28)24-18-7-2-1-3-8-18/h4-6,9-13,18,22-24H,1-3,7-8,14-16H2. The Morgan fingerprint density at radius 1 is 0.839 bits per heavy atom. The molecule has 0 radical (unpaired) electrons. The zero-order valence-electron chi connectivity index (χ0n) is 17.3. The summed E-state index contributed by atoms with van der Waals surface area (Å²) in [5, 5.41) is 0. The van der Waals surface area contributed by atoms with Crippen molar-refractivity contribution in [3.63, 3.8) is 0 Å². The second-order valence-electron chi connectivity index (χ2n) is 8.09. The van der Waals surface area contributed by atoms with Crippen molar-refractivity contribution in [1.29, 1.82) is 0 Å². The molecule has 0 spiro atoms. The molecule has 9 heteroatoms. The Morgan fingerprint density at radius 2 is 1.48 bits per heavy atom. The topological polar surface area (TPSA) is 102 Å². The van der Waals surface area contributed by atoms with E-state index in [-0.39, 0.29) is 28.5 Å². The van der Waals surface area contributed by atoms with Crippen molar-refractivity contribution in [2.45, 2.75) is 60.5 Å². The molecule has 0 amide bonds. The molecule has 1 atom stereocenters. The monoisotopic (exact) mass is 464 g/mol. The number of benzene rings is 2. The molecule has 1 saturated carbocycles. The molecular formula is C22H28N2O5S2. The second kappa shape index (κ2) is 9.38. The van der Waals surface area contributed by atoms with Gasteiger partial charge >= 0.3 is 0 Å². The van der Waals surface area contributed by atoms with Crippen molar-refractivity contribution in [2.24, 2.45) is 0 Å². The summed E-state index contributed by atoms with van der Waals surface area (Å²) in [6.45, 7) is 0.659. The van der Waals surface area contributed by atoms with E-state index in [4.69, 9.17) is 4.74 Å². The Kier molecular flexibility index (Phi) is 6.78. The minimum absolute atomic E-state index is 0.0215. The first-order valence-corrected chi connectivity index (χ1v) is 13.6. The maximum Gasteiger partial charge on any atom is 0.240 e. The third-order valence-electron chi connectivity index (χ3n) is 5.92. The highest BCUT2D eigenvalue weighted by Gasteiger charge is 2.25. The third-order valence-corrected chi connectivity index (χ3v) is 8.90. The maximum atomic E-state index is 12.7. The van der Waals surface area contributed by atoms with Gasteiger partial charge in [0.25, 0.3) is 0 Å². The Hall–Kier alpha value is -1.78. The first-order valence-electron chi connectivity index (χ1n) is 10.7. The highest BCUT2D eigenvalue weighted by atomic mass is 32.2. The molecule has 2 N–H and O–H groups in total. The van der Waals surface area contributed by atoms with Crippen LogP contribution in [0.4, 0.5) is 0 Å². The summed E-state index contributed by atoms with van der Waals surface area (Å²) in [7, 11) is -7.47. The minimum Gasteiger partial charge on any atom is -0.372 e. The van der Waals surface area contributed by atoms with Crippen LogP contribution in [0, 0.1) is 0 Å². The van der Waals surface area contributed by atoms with E-state index >= 15 is 0 Å². The predicted octanol–water partition coefficient (Wildman–Crippen LogP) is 2.89. The number of nitrogens with one attached hydrogen (secondary N) is 2.